The van der Waals surface area contributed by atoms with Gasteiger partial charge >= 0.3 is 0 Å². The number of hydrogen-bond acceptors (Lipinski definition) is 7. The zero-order valence-electron chi connectivity index (χ0n) is 17.8. The smallest absolute Gasteiger partial charge is 0.270 e. The van der Waals surface area contributed by atoms with E-state index in [0.717, 1.165) is 5.56 Å². The van der Waals surface area contributed by atoms with Gasteiger partial charge in [0.1, 0.15) is 21.8 Å². The number of thioether (sulfide) groups is 1. The van der Waals surface area contributed by atoms with Gasteiger partial charge in [0.05, 0.1) is 24.7 Å². The number of aromatic nitrogens is 1. The van der Waals surface area contributed by atoms with Crippen LogP contribution in [0.4, 0.5) is 5.82 Å². The lowest BCUT2D eigenvalue weighted by molar-refractivity contribution is -0.122. The number of carbonyl (C=O) groups is 1. The summed E-state index contributed by atoms with van der Waals surface area (Å²) in [6, 6.07) is 11.7. The molecule has 0 aliphatic carbocycles. The molecule has 4 rings (SSSR count). The lowest BCUT2D eigenvalue weighted by Gasteiger charge is -2.32. The van der Waals surface area contributed by atoms with E-state index >= 15 is 0 Å². The van der Waals surface area contributed by atoms with Crippen molar-refractivity contribution < 1.29 is 9.53 Å². The lowest BCUT2D eigenvalue weighted by atomic mass is 10.0. The molecule has 0 N–H and O–H groups in total. The monoisotopic (exact) mass is 466 g/mol. The number of ether oxygens (including phenoxy) is 1. The van der Waals surface area contributed by atoms with Gasteiger partial charge in [-0.25, -0.2) is 0 Å². The minimum Gasteiger partial charge on any atom is -0.378 e. The van der Waals surface area contributed by atoms with Gasteiger partial charge in [-0.05, 0) is 24.1 Å². The van der Waals surface area contributed by atoms with E-state index in [-0.39, 0.29) is 17.0 Å². The second kappa shape index (κ2) is 9.28. The van der Waals surface area contributed by atoms with E-state index in [2.05, 4.69) is 4.90 Å². The zero-order chi connectivity index (χ0) is 22.8. The van der Waals surface area contributed by atoms with Crippen LogP contribution >= 0.6 is 24.0 Å². The minimum absolute atomic E-state index is 0.0792. The average molecular weight is 467 g/mol. The Bertz CT molecular complexity index is 1210. The first-order valence-corrected chi connectivity index (χ1v) is 11.4. The van der Waals surface area contributed by atoms with Gasteiger partial charge in [0.15, 0.2) is 0 Å². The minimum atomic E-state index is -0.347. The van der Waals surface area contributed by atoms with Crippen LogP contribution in [0.1, 0.15) is 22.3 Å². The fraction of sp³-hybridized carbons (Fsp3) is 0.304. The molecule has 0 spiro atoms. The number of hydrogen-bond donors (Lipinski definition) is 0. The molecule has 0 saturated carbocycles. The average Bonchev–Trinajstić information content (AvgIpc) is 3.06. The number of nitriles is 1. The number of nitrogens with zero attached hydrogens (tertiary/aromatic N) is 4. The Morgan fingerprint density at radius 1 is 1.22 bits per heavy atom. The molecule has 32 heavy (non-hydrogen) atoms. The van der Waals surface area contributed by atoms with E-state index in [9.17, 15) is 14.9 Å². The van der Waals surface area contributed by atoms with Gasteiger partial charge in [-0.2, -0.15) is 5.26 Å². The van der Waals surface area contributed by atoms with Gasteiger partial charge < -0.3 is 9.64 Å². The molecule has 2 aliphatic heterocycles. The molecule has 1 amide bonds. The number of pyridine rings is 1. The molecule has 0 unspecified atom stereocenters. The fourth-order valence-electron chi connectivity index (χ4n) is 3.90. The van der Waals surface area contributed by atoms with Gasteiger partial charge in [-0.1, -0.05) is 54.3 Å². The highest BCUT2D eigenvalue weighted by Gasteiger charge is 2.33. The van der Waals surface area contributed by atoms with Crippen LogP contribution in [0.3, 0.4) is 0 Å². The van der Waals surface area contributed by atoms with Crippen molar-refractivity contribution in [2.75, 3.05) is 31.2 Å². The molecule has 1 aromatic carbocycles. The van der Waals surface area contributed by atoms with Gasteiger partial charge in [0.25, 0.3) is 11.5 Å². The van der Waals surface area contributed by atoms with E-state index in [1.165, 1.54) is 16.3 Å². The summed E-state index contributed by atoms with van der Waals surface area (Å²) in [7, 11) is 1.66. The Balaban J connectivity index is 1.78. The third-order valence-corrected chi connectivity index (χ3v) is 6.99. The number of rotatable bonds is 4. The van der Waals surface area contributed by atoms with Gasteiger partial charge in [0.2, 0.25) is 0 Å². The SMILES string of the molecule is Cc1c(/C=C2\SC(=S)N(Cc3ccccc3)C2=O)c(N2CCOCC2)n(C)c(=O)c1C#N. The van der Waals surface area contributed by atoms with E-state index in [4.69, 9.17) is 17.0 Å². The summed E-state index contributed by atoms with van der Waals surface area (Å²) in [5, 5.41) is 9.59. The van der Waals surface area contributed by atoms with Crippen molar-refractivity contribution in [1.29, 1.82) is 5.26 Å². The molecule has 2 aromatic rings. The van der Waals surface area contributed by atoms with E-state index in [0.29, 0.717) is 59.0 Å². The van der Waals surface area contributed by atoms with Crippen LogP contribution in [-0.4, -0.2) is 46.0 Å². The van der Waals surface area contributed by atoms with E-state index in [1.54, 1.807) is 24.9 Å². The normalized spacial score (nSPS) is 17.8. The third kappa shape index (κ3) is 4.09. The van der Waals surface area contributed by atoms with Crippen LogP contribution in [0, 0.1) is 18.3 Å². The number of carbonyl (C=O) groups excluding carboxylic acids is 1. The van der Waals surface area contributed by atoms with Crippen LogP contribution < -0.4 is 10.5 Å². The number of benzene rings is 1. The van der Waals surface area contributed by atoms with Crippen LogP contribution in [-0.2, 0) is 23.1 Å². The number of thiocarbonyl (C=S) groups is 1. The molecule has 2 saturated heterocycles. The molecule has 0 bridgehead atoms. The summed E-state index contributed by atoms with van der Waals surface area (Å²) in [6.45, 7) is 4.48. The first-order valence-electron chi connectivity index (χ1n) is 10.2. The number of anilines is 1. The van der Waals surface area contributed by atoms with Crippen LogP contribution in [0.5, 0.6) is 0 Å². The summed E-state index contributed by atoms with van der Waals surface area (Å²) in [5.74, 6) is 0.506. The van der Waals surface area contributed by atoms with Crippen LogP contribution in [0.25, 0.3) is 6.08 Å². The van der Waals surface area contributed by atoms with Crippen molar-refractivity contribution in [3.63, 3.8) is 0 Å². The van der Waals surface area contributed by atoms with Crippen molar-refractivity contribution in [3.8, 4) is 6.07 Å². The maximum Gasteiger partial charge on any atom is 0.270 e. The summed E-state index contributed by atoms with van der Waals surface area (Å²) < 4.78 is 7.44. The summed E-state index contributed by atoms with van der Waals surface area (Å²) in [6.07, 6.45) is 1.77. The first-order chi connectivity index (χ1) is 15.4. The van der Waals surface area contributed by atoms with Gasteiger partial charge in [-0.15, -0.1) is 0 Å². The molecular formula is C23H22N4O3S2. The molecule has 2 aliphatic rings. The van der Waals surface area contributed by atoms with Crippen LogP contribution in [0.2, 0.25) is 0 Å². The van der Waals surface area contributed by atoms with Crippen molar-refractivity contribution >= 4 is 46.1 Å². The predicted octanol–water partition coefficient (Wildman–Crippen LogP) is 2.80. The molecule has 1 aromatic heterocycles. The van der Waals surface area contributed by atoms with E-state index < -0.39 is 0 Å². The highest BCUT2D eigenvalue weighted by atomic mass is 32.2. The van der Waals surface area contributed by atoms with E-state index in [1.807, 2.05) is 36.4 Å². The van der Waals surface area contributed by atoms with Gasteiger partial charge in [-0.3, -0.25) is 19.1 Å². The number of amides is 1. The Hall–Kier alpha value is -2.93. The summed E-state index contributed by atoms with van der Waals surface area (Å²) in [4.78, 5) is 30.1. The Kier molecular flexibility index (Phi) is 6.46. The lowest BCUT2D eigenvalue weighted by Crippen LogP contribution is -2.40. The van der Waals surface area contributed by atoms with Crippen molar-refractivity contribution in [3.05, 3.63) is 67.8 Å². The first kappa shape index (κ1) is 22.3. The highest BCUT2D eigenvalue weighted by molar-refractivity contribution is 8.26. The maximum absolute atomic E-state index is 13.2. The zero-order valence-corrected chi connectivity index (χ0v) is 19.5. The Labute approximate surface area is 195 Å². The fourth-order valence-corrected chi connectivity index (χ4v) is 5.14. The standard InChI is InChI=1S/C23H22N4O3S2/c1-15-17(20(26-8-10-30-11-9-26)25(2)21(28)18(15)13-24)12-19-22(29)27(23(31)32-19)14-16-6-4-3-5-7-16/h3-7,12H,8-11,14H2,1-2H3/b19-12-. The summed E-state index contributed by atoms with van der Waals surface area (Å²) in [5.41, 5.74) is 1.97. The topological polar surface area (TPSA) is 78.6 Å². The molecular weight excluding hydrogens is 444 g/mol. The molecule has 2 fully saturated rings. The largest absolute Gasteiger partial charge is 0.378 e. The predicted molar refractivity (Wildman–Crippen MR) is 129 cm³/mol. The second-order valence-corrected chi connectivity index (χ2v) is 9.24. The van der Waals surface area contributed by atoms with Crippen LogP contribution in [0.15, 0.2) is 40.0 Å². The molecule has 0 atom stereocenters. The highest BCUT2D eigenvalue weighted by Crippen LogP contribution is 2.36. The second-order valence-electron chi connectivity index (χ2n) is 7.57. The summed E-state index contributed by atoms with van der Waals surface area (Å²) >= 11 is 6.73. The molecule has 164 valence electrons. The van der Waals surface area contributed by atoms with Gasteiger partial charge in [0, 0.05) is 25.7 Å². The molecule has 9 heteroatoms. The Morgan fingerprint density at radius 2 is 1.91 bits per heavy atom. The molecule has 3 heterocycles. The Morgan fingerprint density at radius 3 is 2.56 bits per heavy atom. The molecule has 0 radical (unpaired) electrons. The quantitative estimate of drug-likeness (QED) is 0.506. The van der Waals surface area contributed by atoms with Crippen molar-refractivity contribution in [2.24, 2.45) is 7.05 Å². The third-order valence-electron chi connectivity index (χ3n) is 5.61. The number of morpholine rings is 1. The molecule has 7 nitrogen and oxygen atoms in total. The van der Waals surface area contributed by atoms with Crippen molar-refractivity contribution in [1.82, 2.24) is 9.47 Å². The van der Waals surface area contributed by atoms with Crippen molar-refractivity contribution in [2.45, 2.75) is 13.5 Å². The maximum atomic E-state index is 13.2.